The van der Waals surface area contributed by atoms with Crippen LogP contribution in [0.4, 0.5) is 18.9 Å². The molecule has 1 aliphatic heterocycles. The number of fused-ring (bicyclic) bond motifs is 1. The highest BCUT2D eigenvalue weighted by Crippen LogP contribution is 2.43. The number of pyridine rings is 2. The Bertz CT molecular complexity index is 1210. The molecule has 1 saturated heterocycles. The summed E-state index contributed by atoms with van der Waals surface area (Å²) in [6, 6.07) is 9.75. The summed E-state index contributed by atoms with van der Waals surface area (Å²) < 4.78 is 45.4. The normalized spacial score (nSPS) is 17.6. The van der Waals surface area contributed by atoms with E-state index >= 15 is 0 Å². The van der Waals surface area contributed by atoms with E-state index in [1.54, 1.807) is 30.5 Å². The quantitative estimate of drug-likeness (QED) is 0.492. The molecule has 2 atom stereocenters. The fourth-order valence-electron chi connectivity index (χ4n) is 5.25. The van der Waals surface area contributed by atoms with Gasteiger partial charge < -0.3 is 15.8 Å². The molecule has 3 heterocycles. The summed E-state index contributed by atoms with van der Waals surface area (Å²) in [5, 5.41) is 3.92. The van der Waals surface area contributed by atoms with Crippen LogP contribution in [0.15, 0.2) is 48.8 Å². The van der Waals surface area contributed by atoms with Crippen LogP contribution in [0.3, 0.4) is 0 Å². The second-order valence-electron chi connectivity index (χ2n) is 9.19. The Labute approximate surface area is 202 Å². The first-order chi connectivity index (χ1) is 16.6. The van der Waals surface area contributed by atoms with Crippen LogP contribution in [0.2, 0.25) is 0 Å². The van der Waals surface area contributed by atoms with Gasteiger partial charge in [-0.25, -0.2) is 0 Å². The van der Waals surface area contributed by atoms with Crippen molar-refractivity contribution >= 4 is 22.5 Å². The maximum absolute atomic E-state index is 13.5. The van der Waals surface area contributed by atoms with Crippen LogP contribution in [0.25, 0.3) is 10.9 Å². The van der Waals surface area contributed by atoms with Gasteiger partial charge in [-0.15, -0.1) is 0 Å². The van der Waals surface area contributed by atoms with Gasteiger partial charge in [0.25, 0.3) is 5.91 Å². The molecule has 186 valence electrons. The molecule has 9 heteroatoms. The van der Waals surface area contributed by atoms with E-state index in [-0.39, 0.29) is 29.1 Å². The van der Waals surface area contributed by atoms with Crippen LogP contribution in [0.5, 0.6) is 0 Å². The number of carbonyl (C=O) groups is 1. The van der Waals surface area contributed by atoms with Crippen LogP contribution in [-0.4, -0.2) is 29.1 Å². The van der Waals surface area contributed by atoms with Crippen molar-refractivity contribution in [3.8, 4) is 0 Å². The standard InChI is InChI=1S/C26H29F3N4O2/c1-3-20(16-8-11-35-12-9-16)25(2,23-21(30)14-19(15-32-23)26(27,28)29)33-24(34)18-6-7-22-17(13-18)5-4-10-31-22/h4-7,10,13-16,20H,3,8-9,11-12,30H2,1-2H3,(H,33,34). The van der Waals surface area contributed by atoms with Crippen molar-refractivity contribution in [3.05, 3.63) is 65.6 Å². The van der Waals surface area contributed by atoms with Crippen molar-refractivity contribution in [2.45, 2.75) is 44.8 Å². The number of halogens is 3. The second-order valence-corrected chi connectivity index (χ2v) is 9.19. The number of hydrogen-bond acceptors (Lipinski definition) is 5. The van der Waals surface area contributed by atoms with Gasteiger partial charge in [-0.1, -0.05) is 19.4 Å². The summed E-state index contributed by atoms with van der Waals surface area (Å²) in [7, 11) is 0. The second kappa shape index (κ2) is 9.81. The molecule has 2 unspecified atom stereocenters. The first kappa shape index (κ1) is 24.9. The highest BCUT2D eigenvalue weighted by Gasteiger charge is 2.44. The molecule has 0 spiro atoms. The predicted octanol–water partition coefficient (Wildman–Crippen LogP) is 5.33. The Morgan fingerprint density at radius 2 is 1.94 bits per heavy atom. The molecule has 1 fully saturated rings. The van der Waals surface area contributed by atoms with Crippen LogP contribution >= 0.6 is 0 Å². The number of benzene rings is 1. The molecule has 1 aliphatic rings. The van der Waals surface area contributed by atoms with E-state index in [1.807, 2.05) is 19.9 Å². The van der Waals surface area contributed by atoms with E-state index in [0.717, 1.165) is 36.0 Å². The Morgan fingerprint density at radius 3 is 2.60 bits per heavy atom. The van der Waals surface area contributed by atoms with Crippen molar-refractivity contribution in [3.63, 3.8) is 0 Å². The third-order valence-electron chi connectivity index (χ3n) is 6.99. The molecule has 1 aromatic carbocycles. The average Bonchev–Trinajstić information content (AvgIpc) is 2.84. The fraction of sp³-hybridized carbons (Fsp3) is 0.423. The first-order valence-corrected chi connectivity index (χ1v) is 11.7. The maximum atomic E-state index is 13.5. The molecule has 6 nitrogen and oxygen atoms in total. The van der Waals surface area contributed by atoms with Crippen molar-refractivity contribution in [2.75, 3.05) is 18.9 Å². The highest BCUT2D eigenvalue weighted by atomic mass is 19.4. The van der Waals surface area contributed by atoms with Gasteiger partial charge in [-0.3, -0.25) is 14.8 Å². The number of anilines is 1. The number of nitrogens with two attached hydrogens (primary N) is 1. The van der Waals surface area contributed by atoms with E-state index in [0.29, 0.717) is 25.2 Å². The lowest BCUT2D eigenvalue weighted by Gasteiger charge is -2.43. The van der Waals surface area contributed by atoms with Crippen LogP contribution in [-0.2, 0) is 16.5 Å². The Morgan fingerprint density at radius 1 is 1.20 bits per heavy atom. The average molecular weight is 487 g/mol. The first-order valence-electron chi connectivity index (χ1n) is 11.7. The number of carbonyl (C=O) groups excluding carboxylic acids is 1. The monoisotopic (exact) mass is 486 g/mol. The molecular weight excluding hydrogens is 457 g/mol. The third-order valence-corrected chi connectivity index (χ3v) is 6.99. The summed E-state index contributed by atoms with van der Waals surface area (Å²) in [5.74, 6) is -0.294. The van der Waals surface area contributed by atoms with E-state index in [1.165, 1.54) is 0 Å². The summed E-state index contributed by atoms with van der Waals surface area (Å²) >= 11 is 0. The number of amides is 1. The summed E-state index contributed by atoms with van der Waals surface area (Å²) in [5.41, 5.74) is 5.45. The number of rotatable bonds is 6. The number of nitrogen functional groups attached to an aromatic ring is 1. The number of ether oxygens (including phenoxy) is 1. The minimum Gasteiger partial charge on any atom is -0.397 e. The molecule has 0 saturated carbocycles. The SMILES string of the molecule is CCC(C1CCOCC1)C(C)(NC(=O)c1ccc2ncccc2c1)c1ncc(C(F)(F)F)cc1N. The molecule has 3 aromatic rings. The lowest BCUT2D eigenvalue weighted by molar-refractivity contribution is -0.137. The van der Waals surface area contributed by atoms with E-state index in [9.17, 15) is 18.0 Å². The van der Waals surface area contributed by atoms with Gasteiger partial charge in [0.1, 0.15) is 0 Å². The van der Waals surface area contributed by atoms with Crippen LogP contribution < -0.4 is 11.1 Å². The Kier molecular flexibility index (Phi) is 6.98. The summed E-state index contributed by atoms with van der Waals surface area (Å²) in [6.45, 7) is 5.01. The molecule has 0 aliphatic carbocycles. The van der Waals surface area contributed by atoms with Gasteiger partial charge in [0.15, 0.2) is 0 Å². The highest BCUT2D eigenvalue weighted by molar-refractivity contribution is 5.98. The lowest BCUT2D eigenvalue weighted by atomic mass is 9.70. The largest absolute Gasteiger partial charge is 0.417 e. The Balaban J connectivity index is 1.76. The van der Waals surface area contributed by atoms with Crippen molar-refractivity contribution < 1.29 is 22.7 Å². The van der Waals surface area contributed by atoms with Gasteiger partial charge in [0.2, 0.25) is 0 Å². The maximum Gasteiger partial charge on any atom is 0.417 e. The number of nitrogens with one attached hydrogen (secondary N) is 1. The summed E-state index contributed by atoms with van der Waals surface area (Å²) in [4.78, 5) is 22.0. The van der Waals surface area contributed by atoms with Crippen molar-refractivity contribution in [2.24, 2.45) is 11.8 Å². The van der Waals surface area contributed by atoms with Gasteiger partial charge >= 0.3 is 6.18 Å². The fourth-order valence-corrected chi connectivity index (χ4v) is 5.25. The summed E-state index contributed by atoms with van der Waals surface area (Å²) in [6.07, 6.45) is 0.138. The van der Waals surface area contributed by atoms with E-state index in [4.69, 9.17) is 10.5 Å². The Hall–Kier alpha value is -3.20. The molecule has 2 aromatic heterocycles. The van der Waals surface area contributed by atoms with Gasteiger partial charge in [-0.2, -0.15) is 13.2 Å². The number of nitrogens with zero attached hydrogens (tertiary/aromatic N) is 2. The zero-order chi connectivity index (χ0) is 25.2. The van der Waals surface area contributed by atoms with Crippen molar-refractivity contribution in [1.29, 1.82) is 0 Å². The molecule has 3 N–H and O–H groups in total. The van der Waals surface area contributed by atoms with Crippen molar-refractivity contribution in [1.82, 2.24) is 15.3 Å². The molecule has 0 radical (unpaired) electrons. The van der Waals surface area contributed by atoms with Gasteiger partial charge in [0, 0.05) is 36.6 Å². The van der Waals surface area contributed by atoms with Crippen LogP contribution in [0, 0.1) is 11.8 Å². The molecule has 0 bridgehead atoms. The molecule has 4 rings (SSSR count). The number of alkyl halides is 3. The van der Waals surface area contributed by atoms with Gasteiger partial charge in [0.05, 0.1) is 28.0 Å². The number of aromatic nitrogens is 2. The molecular formula is C26H29F3N4O2. The number of hydrogen-bond donors (Lipinski definition) is 2. The smallest absolute Gasteiger partial charge is 0.397 e. The van der Waals surface area contributed by atoms with Crippen LogP contribution in [0.1, 0.15) is 54.7 Å². The third kappa shape index (κ3) is 5.10. The van der Waals surface area contributed by atoms with E-state index in [2.05, 4.69) is 15.3 Å². The minimum absolute atomic E-state index is 0.101. The lowest BCUT2D eigenvalue weighted by Crippen LogP contribution is -2.52. The van der Waals surface area contributed by atoms with Gasteiger partial charge in [-0.05, 0) is 61.9 Å². The predicted molar refractivity (Wildman–Crippen MR) is 128 cm³/mol. The molecule has 1 amide bonds. The zero-order valence-corrected chi connectivity index (χ0v) is 19.7. The zero-order valence-electron chi connectivity index (χ0n) is 19.7. The topological polar surface area (TPSA) is 90.1 Å². The minimum atomic E-state index is -4.57. The van der Waals surface area contributed by atoms with E-state index < -0.39 is 17.3 Å². The molecule has 35 heavy (non-hydrogen) atoms.